The van der Waals surface area contributed by atoms with E-state index in [1.165, 1.54) is 28.1 Å². The van der Waals surface area contributed by atoms with Gasteiger partial charge in [-0.15, -0.1) is 16.4 Å². The fourth-order valence-electron chi connectivity index (χ4n) is 4.95. The number of carbonyl (C=O) groups excluding carboxylic acids is 1. The first-order valence-electron chi connectivity index (χ1n) is 11.7. The van der Waals surface area contributed by atoms with Crippen molar-refractivity contribution in [3.05, 3.63) is 62.8 Å². The summed E-state index contributed by atoms with van der Waals surface area (Å²) in [6.07, 6.45) is 5.91. The number of carbonyl (C=O) groups is 1. The third kappa shape index (κ3) is 3.90. The number of aromatic nitrogens is 6. The van der Waals surface area contributed by atoms with Gasteiger partial charge in [-0.1, -0.05) is 0 Å². The Kier molecular flexibility index (Phi) is 5.42. The lowest BCUT2D eigenvalue weighted by atomic mass is 9.97. The number of hydrogen-bond acceptors (Lipinski definition) is 7. The van der Waals surface area contributed by atoms with E-state index >= 15 is 0 Å². The monoisotopic (exact) mass is 477 g/mol. The van der Waals surface area contributed by atoms with E-state index in [1.807, 2.05) is 29.2 Å². The molecule has 11 heteroatoms. The van der Waals surface area contributed by atoms with Crippen LogP contribution in [0.1, 0.15) is 39.5 Å². The van der Waals surface area contributed by atoms with Crippen molar-refractivity contribution >= 4 is 27.5 Å². The Hall–Kier alpha value is -3.44. The van der Waals surface area contributed by atoms with Gasteiger partial charge in [-0.2, -0.15) is 0 Å². The topological polar surface area (TPSA) is 114 Å². The van der Waals surface area contributed by atoms with E-state index < -0.39 is 0 Å². The number of tetrazole rings is 1. The van der Waals surface area contributed by atoms with Crippen LogP contribution in [-0.4, -0.2) is 67.2 Å². The van der Waals surface area contributed by atoms with Crippen LogP contribution in [0.25, 0.3) is 15.9 Å². The van der Waals surface area contributed by atoms with Crippen molar-refractivity contribution in [2.75, 3.05) is 26.2 Å². The number of amides is 1. The van der Waals surface area contributed by atoms with Gasteiger partial charge >= 0.3 is 0 Å². The molecule has 1 aliphatic heterocycles. The van der Waals surface area contributed by atoms with E-state index in [4.69, 9.17) is 4.98 Å². The molecule has 1 fully saturated rings. The van der Waals surface area contributed by atoms with Crippen LogP contribution in [0.2, 0.25) is 0 Å². The van der Waals surface area contributed by atoms with Crippen LogP contribution in [-0.2, 0) is 19.4 Å². The minimum atomic E-state index is -0.00210. The molecule has 1 saturated heterocycles. The molecule has 2 N–H and O–H groups in total. The molecule has 174 valence electrons. The van der Waals surface area contributed by atoms with Crippen LogP contribution in [0.5, 0.6) is 0 Å². The van der Waals surface area contributed by atoms with Crippen LogP contribution in [0, 0.1) is 0 Å². The van der Waals surface area contributed by atoms with Gasteiger partial charge in [0.2, 0.25) is 0 Å². The number of thiophene rings is 1. The molecule has 1 aliphatic carbocycles. The van der Waals surface area contributed by atoms with Gasteiger partial charge in [0.1, 0.15) is 17.7 Å². The summed E-state index contributed by atoms with van der Waals surface area (Å²) in [5.74, 6) is 0.767. The van der Waals surface area contributed by atoms with Gasteiger partial charge in [0.05, 0.1) is 37.3 Å². The third-order valence-electron chi connectivity index (χ3n) is 6.78. The number of fused-ring (bicyclic) bond motifs is 3. The summed E-state index contributed by atoms with van der Waals surface area (Å²) in [4.78, 5) is 39.0. The zero-order valence-corrected chi connectivity index (χ0v) is 19.5. The number of aryl methyl sites for hydroxylation is 2. The van der Waals surface area contributed by atoms with Crippen molar-refractivity contribution < 1.29 is 9.69 Å². The molecule has 0 atom stereocenters. The van der Waals surface area contributed by atoms with E-state index in [0.29, 0.717) is 25.2 Å². The van der Waals surface area contributed by atoms with Gasteiger partial charge in [0.15, 0.2) is 5.82 Å². The second kappa shape index (κ2) is 8.73. The Morgan fingerprint density at radius 1 is 1.12 bits per heavy atom. The number of H-pyrrole nitrogens is 1. The Bertz CT molecular complexity index is 1390. The molecule has 3 aromatic heterocycles. The zero-order chi connectivity index (χ0) is 23.1. The summed E-state index contributed by atoms with van der Waals surface area (Å²) in [5, 5.41) is 11.9. The largest absolute Gasteiger partial charge is 0.327 e. The Morgan fingerprint density at radius 2 is 1.91 bits per heavy atom. The molecule has 4 aromatic rings. The molecule has 0 spiro atoms. The summed E-state index contributed by atoms with van der Waals surface area (Å²) >= 11 is 1.69. The molecule has 1 aromatic carbocycles. The number of benzene rings is 1. The maximum atomic E-state index is 13.0. The molecule has 6 rings (SSSR count). The normalized spacial score (nSPS) is 16.6. The second-order valence-electron chi connectivity index (χ2n) is 8.92. The number of rotatable bonds is 4. The highest BCUT2D eigenvalue weighted by atomic mass is 32.1. The Labute approximate surface area is 199 Å². The highest BCUT2D eigenvalue weighted by molar-refractivity contribution is 7.18. The van der Waals surface area contributed by atoms with Crippen LogP contribution in [0.15, 0.2) is 35.4 Å². The van der Waals surface area contributed by atoms with Crippen molar-refractivity contribution in [2.45, 2.75) is 32.2 Å². The molecule has 0 bridgehead atoms. The van der Waals surface area contributed by atoms with Gasteiger partial charge in [-0.25, -0.2) is 9.67 Å². The van der Waals surface area contributed by atoms with Crippen LogP contribution in [0.3, 0.4) is 0 Å². The van der Waals surface area contributed by atoms with Crippen molar-refractivity contribution in [3.8, 4) is 5.69 Å². The quantitative estimate of drug-likeness (QED) is 0.439. The minimum absolute atomic E-state index is 0.00210. The predicted molar refractivity (Wildman–Crippen MR) is 126 cm³/mol. The smallest absolute Gasteiger partial charge is 0.260 e. The molecule has 0 unspecified atom stereocenters. The Balaban J connectivity index is 1.10. The number of nitrogens with one attached hydrogen (secondary N) is 2. The SMILES string of the molecule is O=C(c1ccc(-n2cnnn2)cc1)N1CC[NH+](Cc2nc3sc4c(c3c(=O)[nH]2)CCCC4)CC1. The highest BCUT2D eigenvalue weighted by Gasteiger charge is 2.26. The average molecular weight is 478 g/mol. The van der Waals surface area contributed by atoms with Gasteiger partial charge in [-0.05, 0) is 65.9 Å². The molecular formula is C23H25N8O2S+. The number of hydrogen-bond donors (Lipinski definition) is 2. The number of quaternary nitrogens is 1. The minimum Gasteiger partial charge on any atom is -0.327 e. The predicted octanol–water partition coefficient (Wildman–Crippen LogP) is 0.380. The summed E-state index contributed by atoms with van der Waals surface area (Å²) in [5.41, 5.74) is 2.67. The maximum Gasteiger partial charge on any atom is 0.260 e. The van der Waals surface area contributed by atoms with Crippen molar-refractivity contribution in [2.24, 2.45) is 0 Å². The zero-order valence-electron chi connectivity index (χ0n) is 18.7. The molecular weight excluding hydrogens is 452 g/mol. The summed E-state index contributed by atoms with van der Waals surface area (Å²) in [6, 6.07) is 7.30. The van der Waals surface area contributed by atoms with Crippen LogP contribution >= 0.6 is 11.3 Å². The van der Waals surface area contributed by atoms with E-state index in [1.54, 1.807) is 16.0 Å². The molecule has 0 saturated carbocycles. The van der Waals surface area contributed by atoms with Crippen LogP contribution < -0.4 is 10.5 Å². The van der Waals surface area contributed by atoms with Gasteiger partial charge in [-0.3, -0.25) is 9.59 Å². The first kappa shape index (κ1) is 21.1. The fraction of sp³-hybridized carbons (Fsp3) is 0.391. The number of piperazine rings is 1. The first-order chi connectivity index (χ1) is 16.7. The fourth-order valence-corrected chi connectivity index (χ4v) is 6.23. The van der Waals surface area contributed by atoms with E-state index in [9.17, 15) is 9.59 Å². The molecule has 10 nitrogen and oxygen atoms in total. The summed E-state index contributed by atoms with van der Waals surface area (Å²) in [7, 11) is 0. The number of nitrogens with zero attached hydrogens (tertiary/aromatic N) is 6. The lowest BCUT2D eigenvalue weighted by molar-refractivity contribution is -0.918. The third-order valence-corrected chi connectivity index (χ3v) is 7.96. The van der Waals surface area contributed by atoms with E-state index in [-0.39, 0.29) is 11.5 Å². The van der Waals surface area contributed by atoms with Crippen LogP contribution in [0.4, 0.5) is 0 Å². The lowest BCUT2D eigenvalue weighted by Gasteiger charge is -2.32. The summed E-state index contributed by atoms with van der Waals surface area (Å²) in [6.45, 7) is 3.63. The lowest BCUT2D eigenvalue weighted by Crippen LogP contribution is -3.13. The van der Waals surface area contributed by atoms with Gasteiger partial charge in [0.25, 0.3) is 11.5 Å². The van der Waals surface area contributed by atoms with E-state index in [2.05, 4.69) is 20.5 Å². The van der Waals surface area contributed by atoms with Gasteiger partial charge < -0.3 is 14.8 Å². The van der Waals surface area contributed by atoms with E-state index in [0.717, 1.165) is 54.1 Å². The second-order valence-corrected chi connectivity index (χ2v) is 10.0. The number of aromatic amines is 1. The van der Waals surface area contributed by atoms with Crippen molar-refractivity contribution in [1.82, 2.24) is 35.1 Å². The Morgan fingerprint density at radius 3 is 2.68 bits per heavy atom. The summed E-state index contributed by atoms with van der Waals surface area (Å²) < 4.78 is 1.55. The molecule has 2 aliphatic rings. The maximum absolute atomic E-state index is 13.0. The molecule has 4 heterocycles. The standard InChI is InChI=1S/C23H24N8O2S/c32-21-20-17-3-1-2-4-18(17)34-22(20)26-19(25-21)13-29-9-11-30(12-10-29)23(33)15-5-7-16(8-6-15)31-14-24-27-28-31/h5-8,14H,1-4,9-13H2,(H,25,26,32)/p+1. The molecule has 34 heavy (non-hydrogen) atoms. The molecule has 1 amide bonds. The van der Waals surface area contributed by atoms with Gasteiger partial charge in [0, 0.05) is 10.4 Å². The molecule has 0 radical (unpaired) electrons. The van der Waals surface area contributed by atoms with Crippen molar-refractivity contribution in [1.29, 1.82) is 0 Å². The average Bonchev–Trinajstić information content (AvgIpc) is 3.52. The van der Waals surface area contributed by atoms with Crippen molar-refractivity contribution in [3.63, 3.8) is 0 Å². The first-order valence-corrected chi connectivity index (χ1v) is 12.5. The highest BCUT2D eigenvalue weighted by Crippen LogP contribution is 2.33.